The van der Waals surface area contributed by atoms with Crippen molar-refractivity contribution in [3.05, 3.63) is 27.8 Å². The number of nitrogens with two attached hydrogens (primary N) is 1. The molecule has 1 aromatic carbocycles. The molecule has 2 rings (SSSR count). The van der Waals surface area contributed by atoms with Gasteiger partial charge in [-0.1, -0.05) is 0 Å². The Labute approximate surface area is 98.6 Å². The molecule has 1 aliphatic rings. The molecule has 1 saturated heterocycles. The zero-order valence-corrected chi connectivity index (χ0v) is 10.3. The zero-order valence-electron chi connectivity index (χ0n) is 8.17. The molecular weight excluding hydrogens is 287 g/mol. The maximum Gasteiger partial charge on any atom is 0.0775 e. The van der Waals surface area contributed by atoms with E-state index in [0.717, 1.165) is 0 Å². The smallest absolute Gasteiger partial charge is 0.0775 e. The molecule has 14 heavy (non-hydrogen) atoms. The van der Waals surface area contributed by atoms with E-state index in [4.69, 9.17) is 0 Å². The van der Waals surface area contributed by atoms with E-state index in [1.807, 2.05) is 0 Å². The number of hydrogen-bond donors (Lipinski definition) is 2. The molecular formula is C11H16IN2+. The standard InChI is InChI=1S/C11H15IN2/c12-9-1-3-10(4-2-9)14-11-5-7-13-8-6-11/h1-4,11,13-14H,5-8H2/p+1. The topological polar surface area (TPSA) is 28.6 Å². The van der Waals surface area contributed by atoms with Crippen molar-refractivity contribution in [3.8, 4) is 0 Å². The number of rotatable bonds is 2. The van der Waals surface area contributed by atoms with Gasteiger partial charge in [-0.25, -0.2) is 0 Å². The van der Waals surface area contributed by atoms with Crippen LogP contribution in [0.1, 0.15) is 12.8 Å². The molecule has 0 unspecified atom stereocenters. The summed E-state index contributed by atoms with van der Waals surface area (Å²) in [7, 11) is 0. The molecule has 1 fully saturated rings. The molecule has 0 radical (unpaired) electrons. The number of benzene rings is 1. The fourth-order valence-corrected chi connectivity index (χ4v) is 2.21. The summed E-state index contributed by atoms with van der Waals surface area (Å²) < 4.78 is 1.30. The van der Waals surface area contributed by atoms with E-state index < -0.39 is 0 Å². The van der Waals surface area contributed by atoms with Crippen molar-refractivity contribution in [1.82, 2.24) is 0 Å². The van der Waals surface area contributed by atoms with E-state index in [1.54, 1.807) is 0 Å². The van der Waals surface area contributed by atoms with Gasteiger partial charge in [0, 0.05) is 28.1 Å². The van der Waals surface area contributed by atoms with E-state index in [0.29, 0.717) is 6.04 Å². The number of quaternary nitrogens is 1. The minimum absolute atomic E-state index is 0.681. The Morgan fingerprint density at radius 1 is 1.14 bits per heavy atom. The van der Waals surface area contributed by atoms with Crippen molar-refractivity contribution in [2.45, 2.75) is 18.9 Å². The first-order valence-corrected chi connectivity index (χ1v) is 6.26. The SMILES string of the molecule is Ic1ccc(NC2CC[NH2+]CC2)cc1. The normalized spacial score (nSPS) is 18.1. The summed E-state index contributed by atoms with van der Waals surface area (Å²) in [6.07, 6.45) is 2.57. The Bertz CT molecular complexity index is 278. The third-order valence-corrected chi connectivity index (χ3v) is 3.37. The summed E-state index contributed by atoms with van der Waals surface area (Å²) in [5.41, 5.74) is 1.26. The molecule has 1 heterocycles. The first-order chi connectivity index (χ1) is 6.84. The van der Waals surface area contributed by atoms with Gasteiger partial charge in [-0.3, -0.25) is 0 Å². The Balaban J connectivity index is 1.92. The van der Waals surface area contributed by atoms with Crippen molar-refractivity contribution in [2.24, 2.45) is 0 Å². The van der Waals surface area contributed by atoms with Crippen LogP contribution < -0.4 is 10.6 Å². The van der Waals surface area contributed by atoms with Crippen LogP contribution >= 0.6 is 22.6 Å². The largest absolute Gasteiger partial charge is 0.382 e. The lowest BCUT2D eigenvalue weighted by molar-refractivity contribution is -0.662. The average molecular weight is 303 g/mol. The minimum atomic E-state index is 0.681. The molecule has 76 valence electrons. The highest BCUT2D eigenvalue weighted by Gasteiger charge is 2.14. The molecule has 0 saturated carbocycles. The number of nitrogens with one attached hydrogen (secondary N) is 1. The quantitative estimate of drug-likeness (QED) is 0.795. The van der Waals surface area contributed by atoms with Crippen LogP contribution in [0.4, 0.5) is 5.69 Å². The van der Waals surface area contributed by atoms with Gasteiger partial charge >= 0.3 is 0 Å². The predicted molar refractivity (Wildman–Crippen MR) is 67.5 cm³/mol. The maximum absolute atomic E-state index is 3.58. The number of halogens is 1. The van der Waals surface area contributed by atoms with Crippen LogP contribution in [0.15, 0.2) is 24.3 Å². The molecule has 1 aliphatic heterocycles. The predicted octanol–water partition coefficient (Wildman–Crippen LogP) is 1.43. The summed E-state index contributed by atoms with van der Waals surface area (Å²) >= 11 is 2.33. The van der Waals surface area contributed by atoms with Crippen molar-refractivity contribution >= 4 is 28.3 Å². The summed E-state index contributed by atoms with van der Waals surface area (Å²) in [5, 5.41) is 5.98. The van der Waals surface area contributed by atoms with Crippen molar-refractivity contribution in [2.75, 3.05) is 18.4 Å². The molecule has 0 atom stereocenters. The summed E-state index contributed by atoms with van der Waals surface area (Å²) in [6.45, 7) is 2.53. The Hall–Kier alpha value is -0.290. The van der Waals surface area contributed by atoms with Gasteiger partial charge < -0.3 is 10.6 Å². The lowest BCUT2D eigenvalue weighted by Gasteiger charge is -2.22. The van der Waals surface area contributed by atoms with E-state index in [9.17, 15) is 0 Å². The number of hydrogen-bond acceptors (Lipinski definition) is 1. The highest BCUT2D eigenvalue weighted by Crippen LogP contribution is 2.14. The molecule has 3 heteroatoms. The fraction of sp³-hybridized carbons (Fsp3) is 0.455. The van der Waals surface area contributed by atoms with Gasteiger partial charge in [0.25, 0.3) is 0 Å². The van der Waals surface area contributed by atoms with E-state index in [1.165, 1.54) is 35.2 Å². The summed E-state index contributed by atoms with van der Waals surface area (Å²) in [5.74, 6) is 0. The average Bonchev–Trinajstić information content (AvgIpc) is 2.23. The first kappa shape index (κ1) is 10.2. The lowest BCUT2D eigenvalue weighted by atomic mass is 10.1. The molecule has 1 aromatic rings. The van der Waals surface area contributed by atoms with Crippen molar-refractivity contribution in [1.29, 1.82) is 0 Å². The highest BCUT2D eigenvalue weighted by atomic mass is 127. The fourth-order valence-electron chi connectivity index (χ4n) is 1.85. The molecule has 0 aromatic heterocycles. The van der Waals surface area contributed by atoms with Gasteiger partial charge in [-0.2, -0.15) is 0 Å². The second-order valence-corrected chi connectivity index (χ2v) is 5.04. The van der Waals surface area contributed by atoms with Crippen LogP contribution in [-0.4, -0.2) is 19.1 Å². The van der Waals surface area contributed by atoms with Gasteiger partial charge in [0.15, 0.2) is 0 Å². The number of anilines is 1. The Morgan fingerprint density at radius 2 is 1.79 bits per heavy atom. The Morgan fingerprint density at radius 3 is 2.43 bits per heavy atom. The monoisotopic (exact) mass is 303 g/mol. The van der Waals surface area contributed by atoms with Crippen LogP contribution in [0.2, 0.25) is 0 Å². The van der Waals surface area contributed by atoms with E-state index in [-0.39, 0.29) is 0 Å². The van der Waals surface area contributed by atoms with Crippen LogP contribution in [0.3, 0.4) is 0 Å². The highest BCUT2D eigenvalue weighted by molar-refractivity contribution is 14.1. The second-order valence-electron chi connectivity index (χ2n) is 3.79. The first-order valence-electron chi connectivity index (χ1n) is 5.18. The van der Waals surface area contributed by atoms with Gasteiger partial charge in [-0.15, -0.1) is 0 Å². The van der Waals surface area contributed by atoms with Gasteiger partial charge in [0.05, 0.1) is 13.1 Å². The zero-order chi connectivity index (χ0) is 9.80. The van der Waals surface area contributed by atoms with Gasteiger partial charge in [-0.05, 0) is 46.9 Å². The van der Waals surface area contributed by atoms with Crippen molar-refractivity contribution in [3.63, 3.8) is 0 Å². The van der Waals surface area contributed by atoms with Crippen LogP contribution in [0, 0.1) is 3.57 Å². The van der Waals surface area contributed by atoms with Crippen LogP contribution in [-0.2, 0) is 0 Å². The molecule has 2 nitrogen and oxygen atoms in total. The summed E-state index contributed by atoms with van der Waals surface area (Å²) in [6, 6.07) is 9.32. The van der Waals surface area contributed by atoms with Gasteiger partial charge in [0.1, 0.15) is 0 Å². The molecule has 0 amide bonds. The number of piperidine rings is 1. The molecule has 0 bridgehead atoms. The second kappa shape index (κ2) is 4.98. The molecule has 0 spiro atoms. The molecule has 3 N–H and O–H groups in total. The third kappa shape index (κ3) is 2.85. The maximum atomic E-state index is 3.58. The van der Waals surface area contributed by atoms with Gasteiger partial charge in [0.2, 0.25) is 0 Å². The Kier molecular flexibility index (Phi) is 3.64. The third-order valence-electron chi connectivity index (χ3n) is 2.65. The lowest BCUT2D eigenvalue weighted by Crippen LogP contribution is -2.87. The van der Waals surface area contributed by atoms with Crippen LogP contribution in [0.25, 0.3) is 0 Å². The molecule has 0 aliphatic carbocycles. The summed E-state index contributed by atoms with van der Waals surface area (Å²) in [4.78, 5) is 0. The van der Waals surface area contributed by atoms with E-state index in [2.05, 4.69) is 57.5 Å². The van der Waals surface area contributed by atoms with Crippen LogP contribution in [0.5, 0.6) is 0 Å². The minimum Gasteiger partial charge on any atom is -0.382 e. The van der Waals surface area contributed by atoms with E-state index >= 15 is 0 Å². The van der Waals surface area contributed by atoms with Crippen molar-refractivity contribution < 1.29 is 5.32 Å².